The van der Waals surface area contributed by atoms with Crippen LogP contribution in [0.1, 0.15) is 18.9 Å². The Morgan fingerprint density at radius 3 is 2.78 bits per heavy atom. The van der Waals surface area contributed by atoms with Crippen molar-refractivity contribution >= 4 is 23.3 Å². The molecule has 3 rings (SSSR count). The number of fused-ring (bicyclic) bond motifs is 1. The van der Waals surface area contributed by atoms with Gasteiger partial charge in [0.05, 0.1) is 18.1 Å². The molecule has 1 aromatic heterocycles. The second-order valence-electron chi connectivity index (χ2n) is 4.40. The Hall–Kier alpha value is -1.62. The van der Waals surface area contributed by atoms with Gasteiger partial charge in [0.25, 0.3) is 0 Å². The van der Waals surface area contributed by atoms with Gasteiger partial charge in [-0.3, -0.25) is 0 Å². The number of ether oxygens (including phenoxy) is 1. The van der Waals surface area contributed by atoms with E-state index in [0.29, 0.717) is 16.3 Å². The smallest absolute Gasteiger partial charge is 0.178 e. The lowest BCUT2D eigenvalue weighted by Gasteiger charge is -2.13. The number of hydrogen-bond donors (Lipinski definition) is 1. The maximum atomic E-state index is 13.6. The van der Waals surface area contributed by atoms with Crippen molar-refractivity contribution in [3.05, 3.63) is 34.9 Å². The van der Waals surface area contributed by atoms with Crippen LogP contribution in [0.4, 0.5) is 4.39 Å². The van der Waals surface area contributed by atoms with E-state index in [9.17, 15) is 4.39 Å². The topological polar surface area (TPSA) is 29.9 Å². The Kier molecular flexibility index (Phi) is 2.70. The quantitative estimate of drug-likeness (QED) is 0.661. The van der Waals surface area contributed by atoms with Crippen LogP contribution >= 0.6 is 12.2 Å². The van der Waals surface area contributed by atoms with Crippen LogP contribution in [0.2, 0.25) is 0 Å². The molecule has 3 nitrogen and oxygen atoms in total. The van der Waals surface area contributed by atoms with Crippen LogP contribution in [0.25, 0.3) is 11.0 Å². The summed E-state index contributed by atoms with van der Waals surface area (Å²) in [6.45, 7) is 0. The number of allylic oxidation sites excluding steroid dienone is 2. The van der Waals surface area contributed by atoms with E-state index in [1.165, 1.54) is 13.2 Å². The molecule has 18 heavy (non-hydrogen) atoms. The predicted octanol–water partition coefficient (Wildman–Crippen LogP) is 3.74. The fourth-order valence-corrected chi connectivity index (χ4v) is 2.82. The highest BCUT2D eigenvalue weighted by Crippen LogP contribution is 2.31. The monoisotopic (exact) mass is 264 g/mol. The lowest BCUT2D eigenvalue weighted by molar-refractivity contribution is 0.387. The first-order valence-electron chi connectivity index (χ1n) is 5.83. The van der Waals surface area contributed by atoms with Crippen LogP contribution in [0.5, 0.6) is 5.75 Å². The molecule has 0 aliphatic heterocycles. The molecule has 94 valence electrons. The molecule has 0 bridgehead atoms. The molecule has 0 atom stereocenters. The third kappa shape index (κ3) is 1.66. The van der Waals surface area contributed by atoms with Crippen LogP contribution in [-0.2, 0) is 0 Å². The lowest BCUT2D eigenvalue weighted by atomic mass is 10.2. The van der Waals surface area contributed by atoms with E-state index in [1.54, 1.807) is 6.07 Å². The molecular formula is C13H13FN2OS. The van der Waals surface area contributed by atoms with Crippen LogP contribution in [0, 0.1) is 10.6 Å². The number of aromatic amines is 1. The van der Waals surface area contributed by atoms with Gasteiger partial charge in [0.1, 0.15) is 0 Å². The average Bonchev–Trinajstić information content (AvgIpc) is 2.94. The summed E-state index contributed by atoms with van der Waals surface area (Å²) in [5.74, 6) is -0.130. The second-order valence-corrected chi connectivity index (χ2v) is 4.79. The minimum Gasteiger partial charge on any atom is -0.494 e. The van der Waals surface area contributed by atoms with Gasteiger partial charge in [-0.2, -0.15) is 0 Å². The minimum atomic E-state index is -0.377. The van der Waals surface area contributed by atoms with Gasteiger partial charge in [-0.1, -0.05) is 12.2 Å². The number of halogens is 1. The summed E-state index contributed by atoms with van der Waals surface area (Å²) in [6, 6.07) is 3.46. The van der Waals surface area contributed by atoms with E-state index < -0.39 is 0 Å². The van der Waals surface area contributed by atoms with Crippen LogP contribution in [-0.4, -0.2) is 16.7 Å². The number of benzene rings is 1. The number of nitrogens with one attached hydrogen (secondary N) is 1. The van der Waals surface area contributed by atoms with Crippen LogP contribution < -0.4 is 4.74 Å². The van der Waals surface area contributed by atoms with Crippen molar-refractivity contribution in [2.24, 2.45) is 0 Å². The highest BCUT2D eigenvalue weighted by molar-refractivity contribution is 7.71. The molecule has 1 aromatic carbocycles. The fraction of sp³-hybridized carbons (Fsp3) is 0.308. The first-order chi connectivity index (χ1) is 8.70. The summed E-state index contributed by atoms with van der Waals surface area (Å²) in [7, 11) is 1.47. The largest absolute Gasteiger partial charge is 0.494 e. The fourth-order valence-electron chi connectivity index (χ4n) is 2.46. The highest BCUT2D eigenvalue weighted by atomic mass is 32.1. The molecule has 0 spiro atoms. The van der Waals surface area contributed by atoms with E-state index in [-0.39, 0.29) is 11.6 Å². The molecule has 0 fully saturated rings. The Labute approximate surface area is 109 Å². The summed E-state index contributed by atoms with van der Waals surface area (Å²) in [6.07, 6.45) is 6.21. The zero-order valence-corrected chi connectivity index (χ0v) is 10.8. The zero-order chi connectivity index (χ0) is 12.7. The Bertz CT molecular complexity index is 678. The average molecular weight is 264 g/mol. The van der Waals surface area contributed by atoms with Gasteiger partial charge in [0.2, 0.25) is 0 Å². The van der Waals surface area contributed by atoms with Crippen molar-refractivity contribution in [1.82, 2.24) is 9.55 Å². The molecular weight excluding hydrogens is 251 g/mol. The van der Waals surface area contributed by atoms with Gasteiger partial charge < -0.3 is 14.3 Å². The SMILES string of the molecule is COc1cc2c(cc1F)[nH]c(=S)n2C1CC=CC1. The van der Waals surface area contributed by atoms with E-state index in [4.69, 9.17) is 17.0 Å². The van der Waals surface area contributed by atoms with Gasteiger partial charge in [-0.05, 0) is 25.1 Å². The third-order valence-electron chi connectivity index (χ3n) is 3.34. The normalized spacial score (nSPS) is 15.7. The van der Waals surface area contributed by atoms with E-state index in [0.717, 1.165) is 18.4 Å². The third-order valence-corrected chi connectivity index (χ3v) is 3.64. The molecule has 2 aromatic rings. The van der Waals surface area contributed by atoms with Crippen molar-refractivity contribution < 1.29 is 9.13 Å². The molecule has 0 radical (unpaired) electrons. The second kappa shape index (κ2) is 4.24. The summed E-state index contributed by atoms with van der Waals surface area (Å²) < 4.78 is 21.3. The van der Waals surface area contributed by atoms with Crippen molar-refractivity contribution in [2.75, 3.05) is 7.11 Å². The number of hydrogen-bond acceptors (Lipinski definition) is 2. The number of rotatable bonds is 2. The molecule has 1 heterocycles. The molecule has 1 aliphatic rings. The lowest BCUT2D eigenvalue weighted by Crippen LogP contribution is -2.05. The molecule has 5 heteroatoms. The molecule has 0 saturated heterocycles. The number of nitrogens with zero attached hydrogens (tertiary/aromatic N) is 1. The maximum Gasteiger partial charge on any atom is 0.178 e. The van der Waals surface area contributed by atoms with E-state index in [1.807, 2.05) is 4.57 Å². The van der Waals surface area contributed by atoms with Crippen LogP contribution in [0.3, 0.4) is 0 Å². The summed E-state index contributed by atoms with van der Waals surface area (Å²) in [4.78, 5) is 3.05. The molecule has 1 aliphatic carbocycles. The minimum absolute atomic E-state index is 0.246. The number of imidazole rings is 1. The first kappa shape index (κ1) is 11.5. The predicted molar refractivity (Wildman–Crippen MR) is 71.0 cm³/mol. The summed E-state index contributed by atoms with van der Waals surface area (Å²) in [5, 5.41) is 0. The van der Waals surface area contributed by atoms with Gasteiger partial charge in [0, 0.05) is 18.2 Å². The number of methoxy groups -OCH3 is 1. The summed E-state index contributed by atoms with van der Waals surface area (Å²) >= 11 is 5.33. The van der Waals surface area contributed by atoms with Gasteiger partial charge in [-0.15, -0.1) is 0 Å². The van der Waals surface area contributed by atoms with Crippen molar-refractivity contribution in [1.29, 1.82) is 0 Å². The summed E-state index contributed by atoms with van der Waals surface area (Å²) in [5.41, 5.74) is 1.61. The Morgan fingerprint density at radius 1 is 1.39 bits per heavy atom. The molecule has 1 N–H and O–H groups in total. The molecule has 0 unspecified atom stereocenters. The van der Waals surface area contributed by atoms with Gasteiger partial charge >= 0.3 is 0 Å². The van der Waals surface area contributed by atoms with Crippen molar-refractivity contribution in [3.63, 3.8) is 0 Å². The first-order valence-corrected chi connectivity index (χ1v) is 6.24. The number of aromatic nitrogens is 2. The van der Waals surface area contributed by atoms with E-state index in [2.05, 4.69) is 17.1 Å². The molecule has 0 amide bonds. The maximum absolute atomic E-state index is 13.6. The van der Waals surface area contributed by atoms with Crippen LogP contribution in [0.15, 0.2) is 24.3 Å². The Morgan fingerprint density at radius 2 is 2.11 bits per heavy atom. The zero-order valence-electron chi connectivity index (χ0n) is 9.94. The highest BCUT2D eigenvalue weighted by Gasteiger charge is 2.18. The number of H-pyrrole nitrogens is 1. The van der Waals surface area contributed by atoms with Gasteiger partial charge in [0.15, 0.2) is 16.3 Å². The van der Waals surface area contributed by atoms with E-state index >= 15 is 0 Å². The standard InChI is InChI=1S/C13H13FN2OS/c1-17-12-7-11-10(6-9(12)14)15-13(18)16(11)8-4-2-3-5-8/h2-3,6-8H,4-5H2,1H3,(H,15,18). The van der Waals surface area contributed by atoms with Crippen molar-refractivity contribution in [2.45, 2.75) is 18.9 Å². The molecule has 0 saturated carbocycles. The van der Waals surface area contributed by atoms with Gasteiger partial charge in [-0.25, -0.2) is 4.39 Å². The van der Waals surface area contributed by atoms with Crippen molar-refractivity contribution in [3.8, 4) is 5.75 Å². The Balaban J connectivity index is 2.24.